The molecule has 1 heterocycles. The fourth-order valence-electron chi connectivity index (χ4n) is 2.90. The highest BCUT2D eigenvalue weighted by Gasteiger charge is 2.18. The van der Waals surface area contributed by atoms with Crippen LogP contribution in [0.3, 0.4) is 0 Å². The average molecular weight is 521 g/mol. The molecule has 1 aromatic heterocycles. The molecule has 0 radical (unpaired) electrons. The van der Waals surface area contributed by atoms with Gasteiger partial charge in [0.05, 0.1) is 18.0 Å². The minimum atomic E-state index is -4.49. The van der Waals surface area contributed by atoms with Crippen molar-refractivity contribution in [1.82, 2.24) is 9.97 Å². The molecule has 0 spiro atoms. The summed E-state index contributed by atoms with van der Waals surface area (Å²) >= 11 is 11.9. The third kappa shape index (κ3) is 5.78. The van der Waals surface area contributed by atoms with E-state index in [9.17, 15) is 18.2 Å². The maximum Gasteiger partial charge on any atom is 0.296 e. The number of anilines is 2. The number of aromatic nitrogens is 2. The maximum atomic E-state index is 11.7. The first-order valence-corrected chi connectivity index (χ1v) is 11.9. The molecular formula is C21H18Cl2N6O4S. The van der Waals surface area contributed by atoms with E-state index in [-0.39, 0.29) is 32.4 Å². The molecule has 0 atom stereocenters. The molecule has 2 N–H and O–H groups in total. The first-order valence-electron chi connectivity index (χ1n) is 9.71. The summed E-state index contributed by atoms with van der Waals surface area (Å²) in [6.45, 7) is 5.54. The Morgan fingerprint density at radius 3 is 2.50 bits per heavy atom. The normalized spacial score (nSPS) is 11.4. The van der Waals surface area contributed by atoms with Crippen molar-refractivity contribution in [2.24, 2.45) is 10.2 Å². The minimum absolute atomic E-state index is 0.00652. The third-order valence-electron chi connectivity index (χ3n) is 4.46. The van der Waals surface area contributed by atoms with E-state index in [1.165, 1.54) is 12.1 Å². The van der Waals surface area contributed by atoms with Gasteiger partial charge in [-0.3, -0.25) is 4.55 Å². The van der Waals surface area contributed by atoms with Crippen molar-refractivity contribution >= 4 is 56.2 Å². The van der Waals surface area contributed by atoms with E-state index in [1.807, 2.05) is 6.07 Å². The Kier molecular flexibility index (Phi) is 7.68. The maximum absolute atomic E-state index is 11.7. The lowest BCUT2D eigenvalue weighted by atomic mass is 10.1. The van der Waals surface area contributed by atoms with Crippen LogP contribution >= 0.6 is 23.2 Å². The number of hydrogen-bond donors (Lipinski definition) is 2. The minimum Gasteiger partial charge on any atom is -0.492 e. The van der Waals surface area contributed by atoms with Crippen LogP contribution in [0.4, 0.5) is 22.9 Å². The molecule has 0 saturated carbocycles. The van der Waals surface area contributed by atoms with E-state index in [4.69, 9.17) is 27.9 Å². The average Bonchev–Trinajstić information content (AvgIpc) is 2.74. The molecule has 10 nitrogen and oxygen atoms in total. The van der Waals surface area contributed by atoms with Gasteiger partial charge in [-0.05, 0) is 61.7 Å². The summed E-state index contributed by atoms with van der Waals surface area (Å²) in [7, 11) is -4.49. The molecule has 0 unspecified atom stereocenters. The van der Waals surface area contributed by atoms with Crippen molar-refractivity contribution in [3.63, 3.8) is 0 Å². The number of benzene rings is 2. The Balaban J connectivity index is 2.05. The molecule has 3 aromatic rings. The Bertz CT molecular complexity index is 1440. The number of rotatable bonds is 7. The van der Waals surface area contributed by atoms with Gasteiger partial charge in [0.25, 0.3) is 10.1 Å². The van der Waals surface area contributed by atoms with Crippen LogP contribution in [0.25, 0.3) is 0 Å². The van der Waals surface area contributed by atoms with Gasteiger partial charge in [-0.1, -0.05) is 17.7 Å². The Labute approximate surface area is 206 Å². The van der Waals surface area contributed by atoms with E-state index in [1.54, 1.807) is 39.0 Å². The second kappa shape index (κ2) is 10.3. The number of azo groups is 1. The molecule has 0 fully saturated rings. The summed E-state index contributed by atoms with van der Waals surface area (Å²) in [5.74, 6) is 0.454. The lowest BCUT2D eigenvalue weighted by molar-refractivity contribution is 0.342. The first-order chi connectivity index (χ1) is 16.0. The van der Waals surface area contributed by atoms with Crippen LogP contribution in [0.1, 0.15) is 23.6 Å². The highest BCUT2D eigenvalue weighted by Crippen LogP contribution is 2.37. The number of ether oxygens (including phenoxy) is 1. The highest BCUT2D eigenvalue weighted by atomic mass is 35.5. The molecule has 176 valence electrons. The monoisotopic (exact) mass is 520 g/mol. The molecule has 0 saturated heterocycles. The topological polar surface area (TPSA) is 150 Å². The van der Waals surface area contributed by atoms with Gasteiger partial charge < -0.3 is 10.1 Å². The zero-order valence-electron chi connectivity index (χ0n) is 18.2. The molecule has 0 aliphatic heterocycles. The fourth-order valence-corrected chi connectivity index (χ4v) is 4.03. The number of aryl methyl sites for hydroxylation is 2. The van der Waals surface area contributed by atoms with Crippen LogP contribution in [0.2, 0.25) is 10.4 Å². The van der Waals surface area contributed by atoms with E-state index in [0.717, 1.165) is 0 Å². The van der Waals surface area contributed by atoms with Gasteiger partial charge in [-0.2, -0.15) is 23.8 Å². The van der Waals surface area contributed by atoms with E-state index < -0.39 is 10.1 Å². The SMILES string of the molecule is CCOc1cc(N=Nc2ccc(C)cc2S(=O)(=O)O)c(C)cc1Nc1nc(Cl)nc(Cl)c1C#N. The number of nitrogens with zero attached hydrogens (tertiary/aromatic N) is 5. The molecule has 34 heavy (non-hydrogen) atoms. The number of halogens is 2. The van der Waals surface area contributed by atoms with Crippen molar-refractivity contribution in [1.29, 1.82) is 5.26 Å². The second-order valence-electron chi connectivity index (χ2n) is 6.96. The molecule has 2 aromatic carbocycles. The van der Waals surface area contributed by atoms with Gasteiger partial charge in [0, 0.05) is 6.07 Å². The first kappa shape index (κ1) is 25.3. The lowest BCUT2D eigenvalue weighted by Gasteiger charge is -2.15. The van der Waals surface area contributed by atoms with Crippen LogP contribution in [0.5, 0.6) is 5.75 Å². The van der Waals surface area contributed by atoms with Crippen LogP contribution in [0, 0.1) is 25.2 Å². The van der Waals surface area contributed by atoms with Gasteiger partial charge in [0.15, 0.2) is 11.0 Å². The number of nitrogens with one attached hydrogen (secondary N) is 1. The van der Waals surface area contributed by atoms with E-state index in [2.05, 4.69) is 25.5 Å². The Morgan fingerprint density at radius 2 is 1.85 bits per heavy atom. The summed E-state index contributed by atoms with van der Waals surface area (Å²) in [5, 5.41) is 20.3. The Hall–Kier alpha value is -3.30. The van der Waals surface area contributed by atoms with Gasteiger partial charge in [-0.25, -0.2) is 4.98 Å². The molecular weight excluding hydrogens is 503 g/mol. The van der Waals surface area contributed by atoms with Crippen LogP contribution in [-0.2, 0) is 10.1 Å². The number of nitriles is 1. The van der Waals surface area contributed by atoms with Gasteiger partial charge in [-0.15, -0.1) is 5.11 Å². The second-order valence-corrected chi connectivity index (χ2v) is 9.04. The Morgan fingerprint density at radius 1 is 1.15 bits per heavy atom. The van der Waals surface area contributed by atoms with E-state index in [0.29, 0.717) is 34.9 Å². The van der Waals surface area contributed by atoms with Crippen molar-refractivity contribution in [3.8, 4) is 11.8 Å². The van der Waals surface area contributed by atoms with E-state index >= 15 is 0 Å². The molecule has 0 aliphatic carbocycles. The summed E-state index contributed by atoms with van der Waals surface area (Å²) < 4.78 is 38.6. The number of hydrogen-bond acceptors (Lipinski definition) is 9. The summed E-state index contributed by atoms with van der Waals surface area (Å²) in [6.07, 6.45) is 0. The van der Waals surface area contributed by atoms with Crippen molar-refractivity contribution < 1.29 is 17.7 Å². The molecule has 0 aliphatic rings. The summed E-state index contributed by atoms with van der Waals surface area (Å²) in [6, 6.07) is 9.60. The summed E-state index contributed by atoms with van der Waals surface area (Å²) in [5.41, 5.74) is 2.10. The van der Waals surface area contributed by atoms with Crippen LogP contribution in [-0.4, -0.2) is 29.5 Å². The highest BCUT2D eigenvalue weighted by molar-refractivity contribution is 7.86. The standard InChI is InChI=1S/C21H18Cl2N6O4S/c1-4-33-17-9-15(29-28-14-6-5-11(2)7-18(14)34(30,31)32)12(3)8-16(17)25-20-13(10-24)19(22)26-21(23)27-20/h5-9H,4H2,1-3H3,(H,25,26,27)(H,30,31,32). The quantitative estimate of drug-likeness (QED) is 0.164. The third-order valence-corrected chi connectivity index (χ3v) is 5.78. The molecule has 3 rings (SSSR count). The molecule has 0 bridgehead atoms. The largest absolute Gasteiger partial charge is 0.492 e. The smallest absolute Gasteiger partial charge is 0.296 e. The van der Waals surface area contributed by atoms with Crippen LogP contribution < -0.4 is 10.1 Å². The van der Waals surface area contributed by atoms with Crippen molar-refractivity contribution in [2.45, 2.75) is 25.7 Å². The predicted molar refractivity (Wildman–Crippen MR) is 128 cm³/mol. The van der Waals surface area contributed by atoms with Gasteiger partial charge in [0.1, 0.15) is 28.0 Å². The van der Waals surface area contributed by atoms with Crippen LogP contribution in [0.15, 0.2) is 45.5 Å². The fraction of sp³-hybridized carbons (Fsp3) is 0.190. The van der Waals surface area contributed by atoms with Crippen molar-refractivity contribution in [2.75, 3.05) is 11.9 Å². The molecule has 13 heteroatoms. The van der Waals surface area contributed by atoms with Gasteiger partial charge >= 0.3 is 0 Å². The van der Waals surface area contributed by atoms with Crippen molar-refractivity contribution in [3.05, 3.63) is 57.5 Å². The molecule has 0 amide bonds. The van der Waals surface area contributed by atoms with Gasteiger partial charge in [0.2, 0.25) is 5.28 Å². The lowest BCUT2D eigenvalue weighted by Crippen LogP contribution is -2.03. The zero-order valence-corrected chi connectivity index (χ0v) is 20.5. The zero-order chi connectivity index (χ0) is 25.0. The summed E-state index contributed by atoms with van der Waals surface area (Å²) in [4.78, 5) is 7.44. The predicted octanol–water partition coefficient (Wildman–Crippen LogP) is 6.08.